The van der Waals surface area contributed by atoms with Gasteiger partial charge in [-0.25, -0.2) is 13.6 Å². The molecule has 274 valence electrons. The highest BCUT2D eigenvalue weighted by atomic mass is 19.4. The summed E-state index contributed by atoms with van der Waals surface area (Å²) in [4.78, 5) is 40.5. The van der Waals surface area contributed by atoms with E-state index in [1.54, 1.807) is 46.8 Å². The van der Waals surface area contributed by atoms with Crippen LogP contribution in [-0.4, -0.2) is 72.2 Å². The van der Waals surface area contributed by atoms with Gasteiger partial charge in [0, 0.05) is 39.5 Å². The lowest BCUT2D eigenvalue weighted by Gasteiger charge is -2.32. The van der Waals surface area contributed by atoms with Crippen LogP contribution in [0.3, 0.4) is 0 Å². The van der Waals surface area contributed by atoms with Gasteiger partial charge in [0.25, 0.3) is 5.91 Å². The number of piperidine rings is 1. The highest BCUT2D eigenvalue weighted by Gasteiger charge is 2.35. The quantitative estimate of drug-likeness (QED) is 0.216. The number of nitrogens with zero attached hydrogens (tertiary/aromatic N) is 2. The van der Waals surface area contributed by atoms with Gasteiger partial charge in [0.05, 0.1) is 23.1 Å². The topological polar surface area (TPSA) is 111 Å². The van der Waals surface area contributed by atoms with Gasteiger partial charge >= 0.3 is 12.5 Å². The monoisotopic (exact) mass is 710 g/mol. The molecule has 15 heteroatoms. The summed E-state index contributed by atoms with van der Waals surface area (Å²) in [6.07, 6.45) is -3.81. The third kappa shape index (κ3) is 9.64. The molecule has 1 fully saturated rings. The Hall–Kier alpha value is -4.40. The molecule has 3 amide bonds. The summed E-state index contributed by atoms with van der Waals surface area (Å²) in [5, 5.41) is 5.08. The zero-order valence-electron chi connectivity index (χ0n) is 28.9. The summed E-state index contributed by atoms with van der Waals surface area (Å²) in [5.41, 5.74) is -0.0903. The van der Waals surface area contributed by atoms with Crippen molar-refractivity contribution >= 4 is 28.8 Å². The van der Waals surface area contributed by atoms with E-state index in [1.165, 1.54) is 28.8 Å². The number of hydrogen-bond donors (Lipinski definition) is 2. The summed E-state index contributed by atoms with van der Waals surface area (Å²) in [5.74, 6) is -3.57. The van der Waals surface area contributed by atoms with Crippen LogP contribution in [0.2, 0.25) is 0 Å². The Labute approximate surface area is 287 Å². The summed E-state index contributed by atoms with van der Waals surface area (Å²) in [6, 6.07) is 5.32. The van der Waals surface area contributed by atoms with E-state index in [-0.39, 0.29) is 61.1 Å². The first-order chi connectivity index (χ1) is 23.4. The highest BCUT2D eigenvalue weighted by molar-refractivity contribution is 6.09. The zero-order chi connectivity index (χ0) is 37.0. The number of ether oxygens (including phenoxy) is 3. The number of hydrogen-bond acceptors (Lipinski definition) is 6. The van der Waals surface area contributed by atoms with Crippen molar-refractivity contribution in [2.75, 3.05) is 26.8 Å². The maximum atomic E-state index is 15.1. The van der Waals surface area contributed by atoms with Crippen LogP contribution in [0.4, 0.5) is 26.7 Å². The maximum Gasteiger partial charge on any atom is 0.573 e. The second kappa shape index (κ2) is 15.7. The zero-order valence-corrected chi connectivity index (χ0v) is 28.9. The van der Waals surface area contributed by atoms with Gasteiger partial charge in [-0.1, -0.05) is 26.0 Å². The van der Waals surface area contributed by atoms with Crippen LogP contribution in [0.25, 0.3) is 10.9 Å². The molecule has 2 N–H and O–H groups in total. The number of halogens is 5. The van der Waals surface area contributed by atoms with Crippen LogP contribution in [0, 0.1) is 17.6 Å². The van der Waals surface area contributed by atoms with Gasteiger partial charge < -0.3 is 34.3 Å². The number of rotatable bonds is 11. The minimum absolute atomic E-state index is 0.0642. The second-order valence-electron chi connectivity index (χ2n) is 13.6. The van der Waals surface area contributed by atoms with Crippen molar-refractivity contribution in [2.45, 2.75) is 84.5 Å². The van der Waals surface area contributed by atoms with Crippen molar-refractivity contribution in [1.29, 1.82) is 0 Å². The Morgan fingerprint density at radius 2 is 1.66 bits per heavy atom. The molecule has 10 nitrogen and oxygen atoms in total. The molecule has 2 heterocycles. The Balaban J connectivity index is 1.47. The molecule has 1 aliphatic rings. The number of fused-ring (bicyclic) bond motifs is 1. The second-order valence-corrected chi connectivity index (χ2v) is 13.6. The van der Waals surface area contributed by atoms with Gasteiger partial charge in [0.2, 0.25) is 5.91 Å². The van der Waals surface area contributed by atoms with Crippen molar-refractivity contribution in [3.63, 3.8) is 0 Å². The molecule has 0 unspecified atom stereocenters. The molecule has 2 aromatic carbocycles. The van der Waals surface area contributed by atoms with Gasteiger partial charge in [-0.3, -0.25) is 9.59 Å². The van der Waals surface area contributed by atoms with E-state index in [4.69, 9.17) is 9.47 Å². The van der Waals surface area contributed by atoms with E-state index < -0.39 is 53.3 Å². The van der Waals surface area contributed by atoms with Gasteiger partial charge in [0.1, 0.15) is 29.0 Å². The minimum Gasteiger partial charge on any atom is -0.444 e. The minimum atomic E-state index is -5.08. The van der Waals surface area contributed by atoms with E-state index >= 15 is 4.39 Å². The van der Waals surface area contributed by atoms with Gasteiger partial charge in [-0.05, 0) is 74.8 Å². The number of carbonyl (C=O) groups is 3. The Morgan fingerprint density at radius 3 is 2.26 bits per heavy atom. The smallest absolute Gasteiger partial charge is 0.444 e. The molecular weight excluding hydrogens is 667 g/mol. The summed E-state index contributed by atoms with van der Waals surface area (Å²) in [7, 11) is 1.42. The standard InChI is InChI=1S/C35H43F5N4O6/c1-20(2)29(42-33(47)50-34(3,4)5)31(45)41-18-21-7-8-25(36)23(17-21)22-11-13-43(14-12-22)32(46)24-19-44(15-16-48-6)30-26(37)9-10-27(28(24)30)49-35(38,39)40/h7-10,17,19-20,22,29H,11-16,18H2,1-6H3,(H,41,45)(H,42,47)/t29-/m1/s1. The third-order valence-electron chi connectivity index (χ3n) is 8.29. The number of likely N-dealkylation sites (tertiary alicyclic amines) is 1. The van der Waals surface area contributed by atoms with Crippen LogP contribution in [0.15, 0.2) is 36.5 Å². The average Bonchev–Trinajstić information content (AvgIpc) is 3.42. The molecule has 1 saturated heterocycles. The lowest BCUT2D eigenvalue weighted by Crippen LogP contribution is -2.50. The van der Waals surface area contributed by atoms with Crippen LogP contribution in [0.1, 0.15) is 74.9 Å². The first kappa shape index (κ1) is 38.4. The van der Waals surface area contributed by atoms with Crippen molar-refractivity contribution in [1.82, 2.24) is 20.1 Å². The number of alkyl carbamates (subject to hydrolysis) is 1. The highest BCUT2D eigenvalue weighted by Crippen LogP contribution is 2.38. The summed E-state index contributed by atoms with van der Waals surface area (Å²) >= 11 is 0. The van der Waals surface area contributed by atoms with Crippen molar-refractivity contribution in [3.8, 4) is 5.75 Å². The molecule has 0 aliphatic carbocycles. The molecule has 50 heavy (non-hydrogen) atoms. The molecule has 0 saturated carbocycles. The van der Waals surface area contributed by atoms with Gasteiger partial charge in [-0.2, -0.15) is 0 Å². The molecular formula is C35H43F5N4O6. The van der Waals surface area contributed by atoms with E-state index in [1.807, 2.05) is 0 Å². The predicted molar refractivity (Wildman–Crippen MR) is 175 cm³/mol. The number of methoxy groups -OCH3 is 1. The molecule has 0 bridgehead atoms. The molecule has 0 radical (unpaired) electrons. The Morgan fingerprint density at radius 1 is 1.00 bits per heavy atom. The van der Waals surface area contributed by atoms with Crippen molar-refractivity contribution in [2.24, 2.45) is 5.92 Å². The molecule has 1 aliphatic heterocycles. The van der Waals surface area contributed by atoms with Crippen molar-refractivity contribution in [3.05, 3.63) is 64.9 Å². The SMILES string of the molecule is COCCn1cc(C(=O)N2CCC(c3cc(CNC(=O)[C@H](NC(=O)OC(C)(C)C)C(C)C)ccc3F)CC2)c2c(OC(F)(F)F)ccc(F)c21. The van der Waals surface area contributed by atoms with Crippen LogP contribution in [0.5, 0.6) is 5.75 Å². The number of nitrogens with one attached hydrogen (secondary N) is 2. The molecule has 0 spiro atoms. The fourth-order valence-corrected chi connectivity index (χ4v) is 5.96. The fourth-order valence-electron chi connectivity index (χ4n) is 5.96. The largest absolute Gasteiger partial charge is 0.573 e. The summed E-state index contributed by atoms with van der Waals surface area (Å²) in [6.45, 7) is 9.26. The van der Waals surface area contributed by atoms with Gasteiger partial charge in [-0.15, -0.1) is 13.2 Å². The number of benzene rings is 2. The number of alkyl halides is 3. The number of aromatic nitrogens is 1. The van der Waals surface area contributed by atoms with Crippen LogP contribution < -0.4 is 15.4 Å². The van der Waals surface area contributed by atoms with Gasteiger partial charge in [0.15, 0.2) is 0 Å². The molecule has 3 aromatic rings. The Kier molecular flexibility index (Phi) is 12.0. The van der Waals surface area contributed by atoms with E-state index in [0.717, 1.165) is 12.1 Å². The first-order valence-electron chi connectivity index (χ1n) is 16.3. The first-order valence-corrected chi connectivity index (χ1v) is 16.3. The predicted octanol–water partition coefficient (Wildman–Crippen LogP) is 6.65. The average molecular weight is 711 g/mol. The molecule has 4 rings (SSSR count). The van der Waals surface area contributed by atoms with Crippen molar-refractivity contribution < 1.29 is 50.5 Å². The Bertz CT molecular complexity index is 1690. The van der Waals surface area contributed by atoms with Crippen LogP contribution >= 0.6 is 0 Å². The number of amides is 3. The normalized spacial score (nSPS) is 14.9. The maximum absolute atomic E-state index is 15.1. The lowest BCUT2D eigenvalue weighted by molar-refractivity contribution is -0.274. The van der Waals surface area contributed by atoms with Crippen LogP contribution in [-0.2, 0) is 27.4 Å². The van der Waals surface area contributed by atoms with E-state index in [2.05, 4.69) is 15.4 Å². The molecule has 1 aromatic heterocycles. The fraction of sp³-hybridized carbons (Fsp3) is 0.514. The number of carbonyl (C=O) groups excluding carboxylic acids is 3. The van der Waals surface area contributed by atoms with E-state index in [0.29, 0.717) is 24.0 Å². The third-order valence-corrected chi connectivity index (χ3v) is 8.29. The van der Waals surface area contributed by atoms with E-state index in [9.17, 15) is 31.9 Å². The summed E-state index contributed by atoms with van der Waals surface area (Å²) < 4.78 is 85.7. The molecule has 1 atom stereocenters. The lowest BCUT2D eigenvalue weighted by atomic mass is 9.88.